The van der Waals surface area contributed by atoms with Gasteiger partial charge >= 0.3 is 12.1 Å². The van der Waals surface area contributed by atoms with E-state index in [4.69, 9.17) is 5.11 Å². The van der Waals surface area contributed by atoms with Gasteiger partial charge in [0.1, 0.15) is 17.2 Å². The number of fused-ring (bicyclic) bond motifs is 2. The lowest BCUT2D eigenvalue weighted by Crippen LogP contribution is -2.36. The molecule has 1 aliphatic rings. The molecule has 10 nitrogen and oxygen atoms in total. The quantitative estimate of drug-likeness (QED) is 0.562. The van der Waals surface area contributed by atoms with Crippen molar-refractivity contribution in [2.24, 2.45) is 0 Å². The van der Waals surface area contributed by atoms with Crippen LogP contribution in [0.3, 0.4) is 0 Å². The SMILES string of the molecule is CCCc1cc2c(N3CCn4c(nnc4C(F)(F)F)C3)nc(C(=O)NCC(=O)O)nc2s1. The average molecular weight is 469 g/mol. The summed E-state index contributed by atoms with van der Waals surface area (Å²) in [5, 5.41) is 18.7. The summed E-state index contributed by atoms with van der Waals surface area (Å²) in [5.41, 5.74) is 0. The second-order valence-corrected chi connectivity index (χ2v) is 8.25. The van der Waals surface area contributed by atoms with Gasteiger partial charge in [0.2, 0.25) is 11.6 Å². The zero-order valence-electron chi connectivity index (χ0n) is 16.8. The first-order valence-electron chi connectivity index (χ1n) is 9.72. The number of carboxylic acids is 1. The monoisotopic (exact) mass is 469 g/mol. The van der Waals surface area contributed by atoms with Gasteiger partial charge < -0.3 is 19.9 Å². The number of hydrogen-bond acceptors (Lipinski definition) is 8. The van der Waals surface area contributed by atoms with Gasteiger partial charge in [-0.1, -0.05) is 13.3 Å². The Morgan fingerprint density at radius 3 is 2.72 bits per heavy atom. The zero-order valence-corrected chi connectivity index (χ0v) is 17.6. The van der Waals surface area contributed by atoms with Crippen LogP contribution in [0.15, 0.2) is 6.07 Å². The Labute approximate surface area is 183 Å². The number of nitrogens with one attached hydrogen (secondary N) is 1. The first kappa shape index (κ1) is 21.9. The van der Waals surface area contributed by atoms with Crippen molar-refractivity contribution >= 4 is 39.2 Å². The molecule has 1 aliphatic heterocycles. The number of aromatic nitrogens is 5. The topological polar surface area (TPSA) is 126 Å². The fourth-order valence-electron chi connectivity index (χ4n) is 3.45. The highest BCUT2D eigenvalue weighted by atomic mass is 32.1. The minimum Gasteiger partial charge on any atom is -0.480 e. The summed E-state index contributed by atoms with van der Waals surface area (Å²) in [6.45, 7) is 1.64. The number of alkyl halides is 3. The molecule has 3 aromatic heterocycles. The van der Waals surface area contributed by atoms with Gasteiger partial charge in [0.05, 0.1) is 11.9 Å². The second kappa shape index (κ2) is 8.33. The maximum Gasteiger partial charge on any atom is 0.451 e. The Hall–Kier alpha value is -3.29. The number of anilines is 1. The van der Waals surface area contributed by atoms with Crippen LogP contribution in [0.5, 0.6) is 0 Å². The van der Waals surface area contributed by atoms with Crippen molar-refractivity contribution in [3.05, 3.63) is 28.4 Å². The van der Waals surface area contributed by atoms with E-state index in [1.165, 1.54) is 11.3 Å². The van der Waals surface area contributed by atoms with Gasteiger partial charge in [-0.3, -0.25) is 9.59 Å². The number of rotatable bonds is 6. The molecule has 4 heterocycles. The third kappa shape index (κ3) is 4.22. The maximum atomic E-state index is 13.1. The van der Waals surface area contributed by atoms with E-state index < -0.39 is 30.4 Å². The van der Waals surface area contributed by atoms with Crippen molar-refractivity contribution < 1.29 is 27.9 Å². The van der Waals surface area contributed by atoms with Crippen LogP contribution in [0.2, 0.25) is 0 Å². The first-order chi connectivity index (χ1) is 15.2. The van der Waals surface area contributed by atoms with Crippen LogP contribution in [0.1, 0.15) is 40.5 Å². The fraction of sp³-hybridized carbons (Fsp3) is 0.444. The summed E-state index contributed by atoms with van der Waals surface area (Å²) in [7, 11) is 0. The molecule has 3 aromatic rings. The van der Waals surface area contributed by atoms with Crippen LogP contribution in [0.4, 0.5) is 19.0 Å². The molecule has 0 spiro atoms. The van der Waals surface area contributed by atoms with E-state index >= 15 is 0 Å². The highest BCUT2D eigenvalue weighted by molar-refractivity contribution is 7.18. The van der Waals surface area contributed by atoms with Crippen molar-refractivity contribution in [2.75, 3.05) is 18.0 Å². The van der Waals surface area contributed by atoms with Crippen LogP contribution in [-0.4, -0.2) is 54.8 Å². The van der Waals surface area contributed by atoms with Crippen LogP contribution in [0.25, 0.3) is 10.2 Å². The molecule has 0 saturated heterocycles. The Kier molecular flexibility index (Phi) is 5.71. The van der Waals surface area contributed by atoms with Gasteiger partial charge in [-0.25, -0.2) is 9.97 Å². The molecule has 0 fully saturated rings. The molecule has 0 bridgehead atoms. The van der Waals surface area contributed by atoms with Gasteiger partial charge in [-0.15, -0.1) is 21.5 Å². The smallest absolute Gasteiger partial charge is 0.451 e. The van der Waals surface area contributed by atoms with Crippen molar-refractivity contribution in [3.8, 4) is 0 Å². The molecule has 32 heavy (non-hydrogen) atoms. The van der Waals surface area contributed by atoms with Gasteiger partial charge in [0, 0.05) is 18.0 Å². The molecule has 0 aliphatic carbocycles. The maximum absolute atomic E-state index is 13.1. The number of carboxylic acid groups (broad SMARTS) is 1. The van der Waals surface area contributed by atoms with E-state index in [9.17, 15) is 22.8 Å². The van der Waals surface area contributed by atoms with E-state index in [1.54, 1.807) is 4.90 Å². The average Bonchev–Trinajstić information content (AvgIpc) is 3.34. The molecule has 4 rings (SSSR count). The zero-order chi connectivity index (χ0) is 23.0. The van der Waals surface area contributed by atoms with Gasteiger partial charge in [-0.2, -0.15) is 13.2 Å². The van der Waals surface area contributed by atoms with E-state index in [0.29, 0.717) is 16.0 Å². The third-order valence-electron chi connectivity index (χ3n) is 4.83. The molecule has 2 N–H and O–H groups in total. The van der Waals surface area contributed by atoms with E-state index in [0.717, 1.165) is 22.3 Å². The Bertz CT molecular complexity index is 1190. The Morgan fingerprint density at radius 2 is 2.03 bits per heavy atom. The number of carbonyl (C=O) groups is 2. The van der Waals surface area contributed by atoms with Crippen LogP contribution in [-0.2, 0) is 30.5 Å². The third-order valence-corrected chi connectivity index (χ3v) is 5.92. The molecule has 14 heteroatoms. The van der Waals surface area contributed by atoms with Crippen LogP contribution >= 0.6 is 11.3 Å². The predicted octanol–water partition coefficient (Wildman–Crippen LogP) is 2.09. The molecular formula is C18H18F3N7O3S. The number of carbonyl (C=O) groups excluding carboxylic acids is 1. The number of halogens is 3. The molecule has 0 radical (unpaired) electrons. The molecular weight excluding hydrogens is 451 g/mol. The number of amides is 1. The molecule has 1 amide bonds. The number of aliphatic carboxylic acids is 1. The number of thiophene rings is 1. The Balaban J connectivity index is 1.72. The van der Waals surface area contributed by atoms with E-state index in [2.05, 4.69) is 25.5 Å². The van der Waals surface area contributed by atoms with E-state index in [-0.39, 0.29) is 31.3 Å². The van der Waals surface area contributed by atoms with Gasteiger partial charge in [0.15, 0.2) is 5.82 Å². The summed E-state index contributed by atoms with van der Waals surface area (Å²) in [5.74, 6) is -2.69. The van der Waals surface area contributed by atoms with Gasteiger partial charge in [-0.05, 0) is 12.5 Å². The van der Waals surface area contributed by atoms with Crippen LogP contribution < -0.4 is 10.2 Å². The summed E-state index contributed by atoms with van der Waals surface area (Å²) >= 11 is 1.39. The normalized spacial score (nSPS) is 13.9. The lowest BCUT2D eigenvalue weighted by molar-refractivity contribution is -0.147. The van der Waals surface area contributed by atoms with Crippen molar-refractivity contribution in [2.45, 2.75) is 39.0 Å². The van der Waals surface area contributed by atoms with Crippen molar-refractivity contribution in [1.82, 2.24) is 30.0 Å². The van der Waals surface area contributed by atoms with Crippen molar-refractivity contribution in [1.29, 1.82) is 0 Å². The predicted molar refractivity (Wildman–Crippen MR) is 107 cm³/mol. The van der Waals surface area contributed by atoms with E-state index in [1.807, 2.05) is 13.0 Å². The highest BCUT2D eigenvalue weighted by Crippen LogP contribution is 2.34. The number of nitrogens with zero attached hydrogens (tertiary/aromatic N) is 6. The summed E-state index contributed by atoms with van der Waals surface area (Å²) in [6.07, 6.45) is -2.91. The van der Waals surface area contributed by atoms with Crippen LogP contribution in [0, 0.1) is 0 Å². The molecule has 170 valence electrons. The summed E-state index contributed by atoms with van der Waals surface area (Å²) in [6, 6.07) is 1.91. The van der Waals surface area contributed by atoms with Crippen molar-refractivity contribution in [3.63, 3.8) is 0 Å². The fourth-order valence-corrected chi connectivity index (χ4v) is 4.58. The molecule has 0 saturated carbocycles. The lowest BCUT2D eigenvalue weighted by atomic mass is 10.2. The standard InChI is InChI=1S/C18H18F3N7O3S/c1-2-3-9-6-10-14(23-13(24-16(10)32-9)15(31)22-7-12(29)30)27-4-5-28-11(8-27)25-26-17(28)18(19,20)21/h6H,2-5,7-8H2,1H3,(H,22,31)(H,29,30). The van der Waals surface area contributed by atoms with Gasteiger partial charge in [0.25, 0.3) is 5.91 Å². The minimum absolute atomic E-state index is 0.00479. The number of aryl methyl sites for hydroxylation is 1. The summed E-state index contributed by atoms with van der Waals surface area (Å²) < 4.78 is 40.5. The lowest BCUT2D eigenvalue weighted by Gasteiger charge is -2.29. The first-order valence-corrected chi connectivity index (χ1v) is 10.5. The highest BCUT2D eigenvalue weighted by Gasteiger charge is 2.39. The second-order valence-electron chi connectivity index (χ2n) is 7.14. The molecule has 0 aromatic carbocycles. The molecule has 0 atom stereocenters. The molecule has 0 unspecified atom stereocenters. The number of hydrogen-bond donors (Lipinski definition) is 2. The summed E-state index contributed by atoms with van der Waals surface area (Å²) in [4.78, 5) is 35.1. The largest absolute Gasteiger partial charge is 0.480 e. The minimum atomic E-state index is -4.60. The Morgan fingerprint density at radius 1 is 1.25 bits per heavy atom.